The minimum Gasteiger partial charge on any atom is -0.491 e. The third kappa shape index (κ3) is 2.75. The topological polar surface area (TPSA) is 49.2 Å². The second kappa shape index (κ2) is 5.72. The van der Waals surface area contributed by atoms with Gasteiger partial charge in [-0.05, 0) is 35.9 Å². The summed E-state index contributed by atoms with van der Waals surface area (Å²) in [6.07, 6.45) is 1.69. The van der Waals surface area contributed by atoms with Crippen LogP contribution < -0.4 is 9.47 Å². The van der Waals surface area contributed by atoms with Gasteiger partial charge < -0.3 is 14.0 Å². The summed E-state index contributed by atoms with van der Waals surface area (Å²) in [5.41, 5.74) is 1.62. The first-order chi connectivity index (χ1) is 11.3. The summed E-state index contributed by atoms with van der Waals surface area (Å²) in [6.45, 7) is 1.57. The highest BCUT2D eigenvalue weighted by molar-refractivity contribution is 5.66. The number of aromatic nitrogens is 3. The van der Waals surface area contributed by atoms with Crippen molar-refractivity contribution >= 4 is 0 Å². The van der Waals surface area contributed by atoms with Crippen LogP contribution in [0.15, 0.2) is 48.8 Å². The van der Waals surface area contributed by atoms with Crippen molar-refractivity contribution in [1.82, 2.24) is 14.8 Å². The first-order valence-corrected chi connectivity index (χ1v) is 7.32. The summed E-state index contributed by atoms with van der Waals surface area (Å²) >= 11 is 0. The minimum atomic E-state index is -0.269. The fraction of sp³-hybridized carbons (Fsp3) is 0.176. The van der Waals surface area contributed by atoms with Crippen LogP contribution in [-0.4, -0.2) is 21.4 Å². The summed E-state index contributed by atoms with van der Waals surface area (Å²) in [4.78, 5) is 0. The maximum Gasteiger partial charge on any atom is 0.167 e. The lowest BCUT2D eigenvalue weighted by Gasteiger charge is -2.10. The molecule has 1 aliphatic rings. The molecule has 4 rings (SSSR count). The molecule has 1 aromatic heterocycles. The molecule has 0 fully saturated rings. The van der Waals surface area contributed by atoms with Crippen molar-refractivity contribution < 1.29 is 13.9 Å². The fourth-order valence-electron chi connectivity index (χ4n) is 2.57. The van der Waals surface area contributed by atoms with Crippen molar-refractivity contribution in [2.75, 3.05) is 6.61 Å². The van der Waals surface area contributed by atoms with Crippen molar-refractivity contribution in [2.24, 2.45) is 0 Å². The van der Waals surface area contributed by atoms with E-state index in [4.69, 9.17) is 9.47 Å². The van der Waals surface area contributed by atoms with Crippen LogP contribution in [0.3, 0.4) is 0 Å². The second-order valence-corrected chi connectivity index (χ2v) is 5.27. The van der Waals surface area contributed by atoms with Gasteiger partial charge in [0.1, 0.15) is 36.9 Å². The molecule has 2 heterocycles. The quantitative estimate of drug-likeness (QED) is 0.746. The molecule has 3 aromatic rings. The molecule has 2 aromatic carbocycles. The highest BCUT2D eigenvalue weighted by Crippen LogP contribution is 2.34. The lowest BCUT2D eigenvalue weighted by atomic mass is 10.1. The smallest absolute Gasteiger partial charge is 0.167 e. The molecule has 0 saturated heterocycles. The van der Waals surface area contributed by atoms with Gasteiger partial charge in [0.25, 0.3) is 0 Å². The molecule has 6 heteroatoms. The SMILES string of the molecule is Fc1cccc(COc2ccc3c(c2)-c2nncn2CCO3)c1. The van der Waals surface area contributed by atoms with Gasteiger partial charge in [0, 0.05) is 0 Å². The van der Waals surface area contributed by atoms with Crippen molar-refractivity contribution in [3.8, 4) is 22.9 Å². The molecule has 0 N–H and O–H groups in total. The zero-order chi connectivity index (χ0) is 15.6. The van der Waals surface area contributed by atoms with E-state index >= 15 is 0 Å². The Morgan fingerprint density at radius 1 is 1.22 bits per heavy atom. The lowest BCUT2D eigenvalue weighted by molar-refractivity contribution is 0.299. The third-order valence-corrected chi connectivity index (χ3v) is 3.69. The molecule has 116 valence electrons. The molecular weight excluding hydrogens is 297 g/mol. The Labute approximate surface area is 132 Å². The van der Waals surface area contributed by atoms with Crippen LogP contribution in [0.1, 0.15) is 5.56 Å². The van der Waals surface area contributed by atoms with E-state index in [0.717, 1.165) is 22.7 Å². The van der Waals surface area contributed by atoms with Gasteiger partial charge in [-0.1, -0.05) is 12.1 Å². The molecule has 0 unspecified atom stereocenters. The number of benzene rings is 2. The summed E-state index contributed by atoms with van der Waals surface area (Å²) in [6, 6.07) is 11.9. The second-order valence-electron chi connectivity index (χ2n) is 5.27. The molecule has 0 spiro atoms. The average Bonchev–Trinajstić information content (AvgIpc) is 2.95. The Hall–Kier alpha value is -2.89. The Morgan fingerprint density at radius 2 is 2.17 bits per heavy atom. The van der Waals surface area contributed by atoms with Crippen molar-refractivity contribution in [1.29, 1.82) is 0 Å². The van der Waals surface area contributed by atoms with Crippen LogP contribution in [0.5, 0.6) is 11.5 Å². The monoisotopic (exact) mass is 311 g/mol. The summed E-state index contributed by atoms with van der Waals surface area (Å²) in [7, 11) is 0. The molecule has 0 atom stereocenters. The lowest BCUT2D eigenvalue weighted by Crippen LogP contribution is -2.04. The fourth-order valence-corrected chi connectivity index (χ4v) is 2.57. The predicted octanol–water partition coefficient (Wildman–Crippen LogP) is 3.06. The Bertz CT molecular complexity index is 847. The molecule has 1 aliphatic heterocycles. The summed E-state index contributed by atoms with van der Waals surface area (Å²) < 4.78 is 26.6. The normalized spacial score (nSPS) is 12.7. The number of nitrogens with zero attached hydrogens (tertiary/aromatic N) is 3. The molecule has 23 heavy (non-hydrogen) atoms. The molecule has 5 nitrogen and oxygen atoms in total. The maximum absolute atomic E-state index is 13.2. The van der Waals surface area contributed by atoms with E-state index < -0.39 is 0 Å². The van der Waals surface area contributed by atoms with Crippen molar-refractivity contribution in [2.45, 2.75) is 13.2 Å². The van der Waals surface area contributed by atoms with Crippen LogP contribution in [0.2, 0.25) is 0 Å². The van der Waals surface area contributed by atoms with Crippen molar-refractivity contribution in [3.63, 3.8) is 0 Å². The highest BCUT2D eigenvalue weighted by atomic mass is 19.1. The Kier molecular flexibility index (Phi) is 3.42. The van der Waals surface area contributed by atoms with E-state index in [-0.39, 0.29) is 5.82 Å². The molecular formula is C17H14FN3O2. The Morgan fingerprint density at radius 3 is 3.09 bits per heavy atom. The van der Waals surface area contributed by atoms with Gasteiger partial charge in [-0.15, -0.1) is 10.2 Å². The van der Waals surface area contributed by atoms with Gasteiger partial charge >= 0.3 is 0 Å². The van der Waals surface area contributed by atoms with E-state index in [2.05, 4.69) is 10.2 Å². The van der Waals surface area contributed by atoms with Gasteiger partial charge in [0.15, 0.2) is 5.82 Å². The van der Waals surface area contributed by atoms with Crippen molar-refractivity contribution in [3.05, 3.63) is 60.2 Å². The Balaban J connectivity index is 1.60. The third-order valence-electron chi connectivity index (χ3n) is 3.69. The van der Waals surface area contributed by atoms with Gasteiger partial charge in [0.05, 0.1) is 12.1 Å². The van der Waals surface area contributed by atoms with E-state index in [1.165, 1.54) is 12.1 Å². The number of hydrogen-bond donors (Lipinski definition) is 0. The van der Waals surface area contributed by atoms with Gasteiger partial charge in [0.2, 0.25) is 0 Å². The first kappa shape index (κ1) is 13.8. The van der Waals surface area contributed by atoms with E-state index in [9.17, 15) is 4.39 Å². The summed E-state index contributed by atoms with van der Waals surface area (Å²) in [5.74, 6) is 1.92. The summed E-state index contributed by atoms with van der Waals surface area (Å²) in [5, 5.41) is 8.11. The zero-order valence-electron chi connectivity index (χ0n) is 12.3. The molecule has 0 aliphatic carbocycles. The van der Waals surface area contributed by atoms with Crippen LogP contribution in [-0.2, 0) is 13.2 Å². The number of halogens is 1. The number of rotatable bonds is 3. The van der Waals surface area contributed by atoms with E-state index in [0.29, 0.717) is 25.5 Å². The van der Waals surface area contributed by atoms with Gasteiger partial charge in [-0.2, -0.15) is 0 Å². The maximum atomic E-state index is 13.2. The molecule has 0 radical (unpaired) electrons. The first-order valence-electron chi connectivity index (χ1n) is 7.32. The van der Waals surface area contributed by atoms with Crippen LogP contribution in [0.25, 0.3) is 11.4 Å². The van der Waals surface area contributed by atoms with Gasteiger partial charge in [-0.25, -0.2) is 4.39 Å². The van der Waals surface area contributed by atoms with Crippen LogP contribution in [0, 0.1) is 5.82 Å². The van der Waals surface area contributed by atoms with Gasteiger partial charge in [-0.3, -0.25) is 0 Å². The minimum absolute atomic E-state index is 0.269. The molecule has 0 amide bonds. The van der Waals surface area contributed by atoms with Crippen LogP contribution in [0.4, 0.5) is 4.39 Å². The largest absolute Gasteiger partial charge is 0.491 e. The number of hydrogen-bond acceptors (Lipinski definition) is 4. The standard InChI is InChI=1S/C17H14FN3O2/c18-13-3-1-2-12(8-13)10-23-14-4-5-16-15(9-14)17-20-19-11-21(17)6-7-22-16/h1-5,8-9,11H,6-7,10H2. The highest BCUT2D eigenvalue weighted by Gasteiger charge is 2.18. The van der Waals surface area contributed by atoms with Crippen LogP contribution >= 0.6 is 0 Å². The van der Waals surface area contributed by atoms with E-state index in [1.54, 1.807) is 12.4 Å². The molecule has 0 bridgehead atoms. The molecule has 0 saturated carbocycles. The number of fused-ring (bicyclic) bond motifs is 3. The van der Waals surface area contributed by atoms with E-state index in [1.807, 2.05) is 28.8 Å². The average molecular weight is 311 g/mol. The predicted molar refractivity (Wildman–Crippen MR) is 81.7 cm³/mol. The zero-order valence-corrected chi connectivity index (χ0v) is 12.3. The number of ether oxygens (including phenoxy) is 2.